The van der Waals surface area contributed by atoms with Crippen LogP contribution >= 0.6 is 0 Å². The van der Waals surface area contributed by atoms with Gasteiger partial charge in [0.2, 0.25) is 5.91 Å². The number of amides is 2. The number of carbonyl (C=O) groups excluding carboxylic acids is 2. The van der Waals surface area contributed by atoms with Gasteiger partial charge in [0.15, 0.2) is 6.61 Å². The third-order valence-electron chi connectivity index (χ3n) is 3.60. The molecular formula is C19H21FN2O3. The highest BCUT2D eigenvalue weighted by atomic mass is 19.1. The highest BCUT2D eigenvalue weighted by Crippen LogP contribution is 2.20. The molecular weight excluding hydrogens is 323 g/mol. The number of carbonyl (C=O) groups is 2. The second-order valence-electron chi connectivity index (χ2n) is 5.53. The topological polar surface area (TPSA) is 67.4 Å². The number of halogens is 1. The average Bonchev–Trinajstić information content (AvgIpc) is 2.64. The molecule has 0 aliphatic carbocycles. The first-order valence-corrected chi connectivity index (χ1v) is 8.12. The highest BCUT2D eigenvalue weighted by Gasteiger charge is 2.19. The summed E-state index contributed by atoms with van der Waals surface area (Å²) in [5.74, 6) is -1.11. The first-order chi connectivity index (χ1) is 12.1. The summed E-state index contributed by atoms with van der Waals surface area (Å²) in [6.07, 6.45) is 1.52. The van der Waals surface area contributed by atoms with Crippen molar-refractivity contribution in [3.05, 3.63) is 66.0 Å². The van der Waals surface area contributed by atoms with E-state index in [1.165, 1.54) is 24.3 Å². The molecule has 2 amide bonds. The molecule has 1 atom stereocenters. The van der Waals surface area contributed by atoms with Gasteiger partial charge in [0.05, 0.1) is 5.92 Å². The van der Waals surface area contributed by atoms with Crippen molar-refractivity contribution < 1.29 is 18.7 Å². The highest BCUT2D eigenvalue weighted by molar-refractivity contribution is 5.86. The van der Waals surface area contributed by atoms with Gasteiger partial charge in [-0.3, -0.25) is 20.4 Å². The lowest BCUT2D eigenvalue weighted by Crippen LogP contribution is -2.45. The number of benzene rings is 2. The summed E-state index contributed by atoms with van der Waals surface area (Å²) in [4.78, 5) is 24.1. The number of nitrogens with one attached hydrogen (secondary N) is 2. The van der Waals surface area contributed by atoms with E-state index in [1.54, 1.807) is 0 Å². The van der Waals surface area contributed by atoms with Crippen LogP contribution < -0.4 is 15.6 Å². The van der Waals surface area contributed by atoms with Gasteiger partial charge in [0.25, 0.3) is 5.91 Å². The number of ether oxygens (including phenoxy) is 1. The summed E-state index contributed by atoms with van der Waals surface area (Å²) in [5.41, 5.74) is 5.67. The van der Waals surface area contributed by atoms with Crippen LogP contribution in [0.3, 0.4) is 0 Å². The Morgan fingerprint density at radius 1 is 1.04 bits per heavy atom. The van der Waals surface area contributed by atoms with Gasteiger partial charge in [0, 0.05) is 0 Å². The summed E-state index contributed by atoms with van der Waals surface area (Å²) >= 11 is 0. The molecule has 2 aromatic rings. The van der Waals surface area contributed by atoms with Crippen molar-refractivity contribution in [2.75, 3.05) is 6.61 Å². The van der Waals surface area contributed by atoms with E-state index in [9.17, 15) is 14.0 Å². The number of hydrogen-bond acceptors (Lipinski definition) is 3. The normalized spacial score (nSPS) is 11.4. The number of hydrogen-bond donors (Lipinski definition) is 2. The summed E-state index contributed by atoms with van der Waals surface area (Å²) < 4.78 is 18.0. The van der Waals surface area contributed by atoms with Crippen LogP contribution in [0.2, 0.25) is 0 Å². The fourth-order valence-electron chi connectivity index (χ4n) is 2.36. The minimum absolute atomic E-state index is 0.275. The molecule has 5 nitrogen and oxygen atoms in total. The summed E-state index contributed by atoms with van der Waals surface area (Å²) in [6, 6.07) is 14.7. The summed E-state index contributed by atoms with van der Waals surface area (Å²) in [5, 5.41) is 0. The number of hydrazine groups is 1. The Morgan fingerprint density at radius 2 is 1.72 bits per heavy atom. The molecule has 6 heteroatoms. The van der Waals surface area contributed by atoms with Gasteiger partial charge in [-0.15, -0.1) is 0 Å². The van der Waals surface area contributed by atoms with E-state index < -0.39 is 5.91 Å². The third kappa shape index (κ3) is 5.91. The van der Waals surface area contributed by atoms with Crippen molar-refractivity contribution in [3.8, 4) is 5.75 Å². The Balaban J connectivity index is 1.82. The van der Waals surface area contributed by atoms with E-state index in [1.807, 2.05) is 37.3 Å². The van der Waals surface area contributed by atoms with E-state index in [4.69, 9.17) is 4.74 Å². The SMILES string of the molecule is CCC[C@@H](C(=O)NNC(=O)COc1ccc(F)cc1)c1ccccc1. The molecule has 25 heavy (non-hydrogen) atoms. The van der Waals surface area contributed by atoms with Crippen LogP contribution in [0.15, 0.2) is 54.6 Å². The Labute approximate surface area is 146 Å². The zero-order chi connectivity index (χ0) is 18.1. The molecule has 0 saturated carbocycles. The molecule has 132 valence electrons. The van der Waals surface area contributed by atoms with Crippen molar-refractivity contribution in [1.82, 2.24) is 10.9 Å². The minimum Gasteiger partial charge on any atom is -0.484 e. The van der Waals surface area contributed by atoms with E-state index in [2.05, 4.69) is 10.9 Å². The van der Waals surface area contributed by atoms with Crippen molar-refractivity contribution in [1.29, 1.82) is 0 Å². The monoisotopic (exact) mass is 344 g/mol. The first-order valence-electron chi connectivity index (χ1n) is 8.12. The maximum Gasteiger partial charge on any atom is 0.276 e. The molecule has 2 N–H and O–H groups in total. The van der Waals surface area contributed by atoms with Crippen molar-refractivity contribution in [3.63, 3.8) is 0 Å². The molecule has 0 fully saturated rings. The lowest BCUT2D eigenvalue weighted by molar-refractivity contribution is -0.130. The molecule has 0 radical (unpaired) electrons. The van der Waals surface area contributed by atoms with E-state index >= 15 is 0 Å². The van der Waals surface area contributed by atoms with Gasteiger partial charge >= 0.3 is 0 Å². The number of rotatable bonds is 7. The Hall–Kier alpha value is -2.89. The van der Waals surface area contributed by atoms with Crippen LogP contribution in [0.4, 0.5) is 4.39 Å². The van der Waals surface area contributed by atoms with Crippen molar-refractivity contribution >= 4 is 11.8 Å². The van der Waals surface area contributed by atoms with Gasteiger partial charge in [-0.05, 0) is 36.2 Å². The Morgan fingerprint density at radius 3 is 2.36 bits per heavy atom. The molecule has 2 aromatic carbocycles. The largest absolute Gasteiger partial charge is 0.484 e. The maximum absolute atomic E-state index is 12.8. The predicted octanol–water partition coefficient (Wildman–Crippen LogP) is 2.94. The fourth-order valence-corrected chi connectivity index (χ4v) is 2.36. The zero-order valence-electron chi connectivity index (χ0n) is 14.0. The zero-order valence-corrected chi connectivity index (χ0v) is 14.0. The molecule has 0 unspecified atom stereocenters. The van der Waals surface area contributed by atoms with Gasteiger partial charge in [-0.25, -0.2) is 4.39 Å². The van der Waals surface area contributed by atoms with Crippen LogP contribution in [0.5, 0.6) is 5.75 Å². The van der Waals surface area contributed by atoms with Crippen LogP contribution in [-0.2, 0) is 9.59 Å². The van der Waals surface area contributed by atoms with Gasteiger partial charge in [-0.2, -0.15) is 0 Å². The van der Waals surface area contributed by atoms with Gasteiger partial charge < -0.3 is 4.74 Å². The van der Waals surface area contributed by atoms with Crippen molar-refractivity contribution in [2.24, 2.45) is 0 Å². The van der Waals surface area contributed by atoms with E-state index in [0.29, 0.717) is 12.2 Å². The van der Waals surface area contributed by atoms with Crippen LogP contribution in [0, 0.1) is 5.82 Å². The molecule has 0 aromatic heterocycles. The van der Waals surface area contributed by atoms with Crippen LogP contribution in [0.1, 0.15) is 31.2 Å². The minimum atomic E-state index is -0.499. The lowest BCUT2D eigenvalue weighted by Gasteiger charge is -2.17. The smallest absolute Gasteiger partial charge is 0.276 e. The molecule has 0 aliphatic heterocycles. The van der Waals surface area contributed by atoms with E-state index in [0.717, 1.165) is 12.0 Å². The maximum atomic E-state index is 12.8. The summed E-state index contributed by atoms with van der Waals surface area (Å²) in [7, 11) is 0. The second kappa shape index (κ2) is 9.42. The quantitative estimate of drug-likeness (QED) is 0.759. The van der Waals surface area contributed by atoms with E-state index in [-0.39, 0.29) is 24.2 Å². The third-order valence-corrected chi connectivity index (χ3v) is 3.60. The first kappa shape index (κ1) is 18.4. The molecule has 0 bridgehead atoms. The lowest BCUT2D eigenvalue weighted by atomic mass is 9.94. The Kier molecular flexibility index (Phi) is 6.95. The second-order valence-corrected chi connectivity index (χ2v) is 5.53. The standard InChI is InChI=1S/C19H21FN2O3/c1-2-6-17(14-7-4-3-5-8-14)19(24)22-21-18(23)13-25-16-11-9-15(20)10-12-16/h3-5,7-12,17H,2,6,13H2,1H3,(H,21,23)(H,22,24)/t17-/m1/s1. The molecule has 2 rings (SSSR count). The molecule has 0 heterocycles. The Bertz CT molecular complexity index is 690. The van der Waals surface area contributed by atoms with Gasteiger partial charge in [-0.1, -0.05) is 43.7 Å². The average molecular weight is 344 g/mol. The van der Waals surface area contributed by atoms with Crippen LogP contribution in [-0.4, -0.2) is 18.4 Å². The van der Waals surface area contributed by atoms with Gasteiger partial charge in [0.1, 0.15) is 11.6 Å². The predicted molar refractivity (Wildman–Crippen MR) is 92.3 cm³/mol. The molecule has 0 saturated heterocycles. The molecule has 0 aliphatic rings. The summed E-state index contributed by atoms with van der Waals surface area (Å²) in [6.45, 7) is 1.72. The van der Waals surface area contributed by atoms with Crippen LogP contribution in [0.25, 0.3) is 0 Å². The fraction of sp³-hybridized carbons (Fsp3) is 0.263. The molecule has 0 spiro atoms. The van der Waals surface area contributed by atoms with Crippen molar-refractivity contribution in [2.45, 2.75) is 25.7 Å².